The molecule has 1 amide bonds. The number of anilines is 1. The molecule has 1 aromatic rings. The van der Waals surface area contributed by atoms with E-state index in [0.717, 1.165) is 17.9 Å². The minimum Gasteiger partial charge on any atom is -0.491 e. The highest BCUT2D eigenvalue weighted by atomic mass is 16.5. The van der Waals surface area contributed by atoms with Crippen LogP contribution in [0.3, 0.4) is 0 Å². The van der Waals surface area contributed by atoms with Gasteiger partial charge in [-0.05, 0) is 57.9 Å². The van der Waals surface area contributed by atoms with Gasteiger partial charge >= 0.3 is 0 Å². The van der Waals surface area contributed by atoms with Crippen LogP contribution in [0.15, 0.2) is 24.3 Å². The van der Waals surface area contributed by atoms with Crippen molar-refractivity contribution in [1.82, 2.24) is 0 Å². The van der Waals surface area contributed by atoms with Gasteiger partial charge in [-0.15, -0.1) is 0 Å². The molecule has 1 aromatic carbocycles. The van der Waals surface area contributed by atoms with Crippen molar-refractivity contribution in [1.29, 1.82) is 0 Å². The minimum absolute atomic E-state index is 0.115. The normalized spacial score (nSPS) is 13.8. The summed E-state index contributed by atoms with van der Waals surface area (Å²) in [7, 11) is 0. The number of ether oxygens (including phenoxy) is 2. The minimum atomic E-state index is -0.789. The molecule has 0 fully saturated rings. The van der Waals surface area contributed by atoms with Gasteiger partial charge in [0.15, 0.2) is 0 Å². The van der Waals surface area contributed by atoms with E-state index in [1.807, 2.05) is 58.9 Å². The van der Waals surface area contributed by atoms with Crippen LogP contribution in [0.4, 0.5) is 5.69 Å². The Morgan fingerprint density at radius 1 is 1.24 bits per heavy atom. The summed E-state index contributed by atoms with van der Waals surface area (Å²) >= 11 is 0. The average molecular weight is 293 g/mol. The number of rotatable bonds is 8. The zero-order valence-electron chi connectivity index (χ0n) is 13.7. The Hall–Kier alpha value is -1.55. The molecule has 0 aliphatic carbocycles. The van der Waals surface area contributed by atoms with Crippen molar-refractivity contribution < 1.29 is 14.3 Å². The van der Waals surface area contributed by atoms with Crippen LogP contribution in [0.2, 0.25) is 0 Å². The lowest BCUT2D eigenvalue weighted by molar-refractivity contribution is -0.139. The molecule has 0 saturated carbocycles. The van der Waals surface area contributed by atoms with Crippen LogP contribution in [0, 0.1) is 0 Å². The molecule has 1 atom stereocenters. The Kier molecular flexibility index (Phi) is 6.69. The molecule has 0 saturated heterocycles. The van der Waals surface area contributed by atoms with Crippen LogP contribution in [-0.4, -0.2) is 24.2 Å². The number of amides is 1. The summed E-state index contributed by atoms with van der Waals surface area (Å²) in [6.45, 7) is 10.4. The van der Waals surface area contributed by atoms with E-state index in [1.54, 1.807) is 0 Å². The fourth-order valence-corrected chi connectivity index (χ4v) is 1.81. The van der Waals surface area contributed by atoms with Gasteiger partial charge in [-0.3, -0.25) is 4.79 Å². The van der Waals surface area contributed by atoms with Gasteiger partial charge in [0.2, 0.25) is 0 Å². The second-order valence-corrected chi connectivity index (χ2v) is 5.58. The molecule has 0 spiro atoms. The fourth-order valence-electron chi connectivity index (χ4n) is 1.81. The summed E-state index contributed by atoms with van der Waals surface area (Å²) in [4.78, 5) is 12.4. The van der Waals surface area contributed by atoms with Gasteiger partial charge in [-0.1, -0.05) is 13.8 Å². The quantitative estimate of drug-likeness (QED) is 0.788. The van der Waals surface area contributed by atoms with Gasteiger partial charge in [-0.2, -0.15) is 0 Å². The molecule has 0 radical (unpaired) electrons. The second kappa shape index (κ2) is 8.03. The maximum absolute atomic E-state index is 12.4. The van der Waals surface area contributed by atoms with Crippen molar-refractivity contribution >= 4 is 11.6 Å². The van der Waals surface area contributed by atoms with Gasteiger partial charge in [0, 0.05) is 12.3 Å². The van der Waals surface area contributed by atoms with Crippen molar-refractivity contribution in [3.63, 3.8) is 0 Å². The zero-order chi connectivity index (χ0) is 15.9. The van der Waals surface area contributed by atoms with E-state index in [1.165, 1.54) is 0 Å². The smallest absolute Gasteiger partial charge is 0.256 e. The van der Waals surface area contributed by atoms with E-state index in [9.17, 15) is 4.79 Å². The standard InChI is InChI=1S/C17H27NO3/c1-6-12-20-17(5,7-2)16(19)18-14-8-10-15(11-9-14)21-13(3)4/h8-11,13H,6-7,12H2,1-5H3,(H,18,19)/t17-/m0/s1. The molecule has 0 heterocycles. The summed E-state index contributed by atoms with van der Waals surface area (Å²) in [6, 6.07) is 7.38. The van der Waals surface area contributed by atoms with Gasteiger partial charge in [0.05, 0.1) is 6.10 Å². The summed E-state index contributed by atoms with van der Waals surface area (Å²) in [5.41, 5.74) is -0.0424. The molecule has 0 aliphatic heterocycles. The SMILES string of the molecule is CCCO[C@@](C)(CC)C(=O)Nc1ccc(OC(C)C)cc1. The van der Waals surface area contributed by atoms with E-state index in [-0.39, 0.29) is 12.0 Å². The molecule has 0 aromatic heterocycles. The van der Waals surface area contributed by atoms with Crippen LogP contribution in [0.5, 0.6) is 5.75 Å². The Morgan fingerprint density at radius 2 is 1.86 bits per heavy atom. The summed E-state index contributed by atoms with van der Waals surface area (Å²) < 4.78 is 11.3. The first-order valence-corrected chi connectivity index (χ1v) is 7.63. The maximum Gasteiger partial charge on any atom is 0.256 e. The second-order valence-electron chi connectivity index (χ2n) is 5.58. The Morgan fingerprint density at radius 3 is 2.33 bits per heavy atom. The first kappa shape index (κ1) is 17.5. The number of benzene rings is 1. The van der Waals surface area contributed by atoms with Crippen molar-refractivity contribution in [2.75, 3.05) is 11.9 Å². The van der Waals surface area contributed by atoms with Crippen molar-refractivity contribution in [2.45, 2.75) is 59.2 Å². The Balaban J connectivity index is 2.68. The van der Waals surface area contributed by atoms with E-state index in [4.69, 9.17) is 9.47 Å². The topological polar surface area (TPSA) is 47.6 Å². The Labute approximate surface area is 127 Å². The molecule has 4 nitrogen and oxygen atoms in total. The summed E-state index contributed by atoms with van der Waals surface area (Å²) in [5, 5.41) is 2.90. The van der Waals surface area contributed by atoms with Crippen LogP contribution < -0.4 is 10.1 Å². The molecule has 0 aliphatic rings. The third-order valence-corrected chi connectivity index (χ3v) is 3.26. The molecule has 0 bridgehead atoms. The molecular formula is C17H27NO3. The maximum atomic E-state index is 12.4. The average Bonchev–Trinajstić information content (AvgIpc) is 2.46. The van der Waals surface area contributed by atoms with Gasteiger partial charge < -0.3 is 14.8 Å². The molecular weight excluding hydrogens is 266 g/mol. The van der Waals surface area contributed by atoms with Gasteiger partial charge in [0.25, 0.3) is 5.91 Å². The monoisotopic (exact) mass is 293 g/mol. The Bertz CT molecular complexity index is 442. The van der Waals surface area contributed by atoms with Crippen LogP contribution >= 0.6 is 0 Å². The highest BCUT2D eigenvalue weighted by Gasteiger charge is 2.32. The van der Waals surface area contributed by atoms with E-state index in [2.05, 4.69) is 5.32 Å². The number of hydrogen-bond acceptors (Lipinski definition) is 3. The first-order valence-electron chi connectivity index (χ1n) is 7.63. The third-order valence-electron chi connectivity index (χ3n) is 3.26. The number of carbonyl (C=O) groups is 1. The number of hydrogen-bond donors (Lipinski definition) is 1. The molecule has 21 heavy (non-hydrogen) atoms. The van der Waals surface area contributed by atoms with Crippen LogP contribution in [0.1, 0.15) is 47.5 Å². The summed E-state index contributed by atoms with van der Waals surface area (Å²) in [5.74, 6) is 0.680. The van der Waals surface area contributed by atoms with Crippen molar-refractivity contribution in [3.8, 4) is 5.75 Å². The van der Waals surface area contributed by atoms with Gasteiger partial charge in [0.1, 0.15) is 11.4 Å². The van der Waals surface area contributed by atoms with Crippen LogP contribution in [-0.2, 0) is 9.53 Å². The van der Waals surface area contributed by atoms with Crippen molar-refractivity contribution in [3.05, 3.63) is 24.3 Å². The van der Waals surface area contributed by atoms with E-state index >= 15 is 0 Å². The lowest BCUT2D eigenvalue weighted by Crippen LogP contribution is -2.42. The largest absolute Gasteiger partial charge is 0.491 e. The molecule has 4 heteroatoms. The van der Waals surface area contributed by atoms with E-state index in [0.29, 0.717) is 13.0 Å². The highest BCUT2D eigenvalue weighted by Crippen LogP contribution is 2.21. The zero-order valence-corrected chi connectivity index (χ0v) is 13.7. The molecule has 118 valence electrons. The number of carbonyl (C=O) groups excluding carboxylic acids is 1. The lowest BCUT2D eigenvalue weighted by atomic mass is 10.0. The molecule has 1 N–H and O–H groups in total. The summed E-state index contributed by atoms with van der Waals surface area (Å²) in [6.07, 6.45) is 1.66. The predicted molar refractivity (Wildman–Crippen MR) is 85.8 cm³/mol. The van der Waals surface area contributed by atoms with E-state index < -0.39 is 5.60 Å². The number of nitrogens with one attached hydrogen (secondary N) is 1. The van der Waals surface area contributed by atoms with Crippen molar-refractivity contribution in [2.24, 2.45) is 0 Å². The fraction of sp³-hybridized carbons (Fsp3) is 0.588. The molecule has 0 unspecified atom stereocenters. The van der Waals surface area contributed by atoms with Gasteiger partial charge in [-0.25, -0.2) is 0 Å². The first-order chi connectivity index (χ1) is 9.91. The predicted octanol–water partition coefficient (Wildman–Crippen LogP) is 4.01. The molecule has 1 rings (SSSR count). The lowest BCUT2D eigenvalue weighted by Gasteiger charge is -2.27. The highest BCUT2D eigenvalue weighted by molar-refractivity contribution is 5.97. The van der Waals surface area contributed by atoms with Crippen LogP contribution in [0.25, 0.3) is 0 Å². The third kappa shape index (κ3) is 5.38.